The van der Waals surface area contributed by atoms with Crippen molar-refractivity contribution in [1.82, 2.24) is 5.32 Å². The molecule has 0 radical (unpaired) electrons. The highest BCUT2D eigenvalue weighted by atomic mass is 14.9. The van der Waals surface area contributed by atoms with Crippen LogP contribution in [0.4, 0.5) is 0 Å². The predicted octanol–water partition coefficient (Wildman–Crippen LogP) is 2.94. The molecule has 0 bridgehead atoms. The molecule has 0 amide bonds. The number of nitrogens with one attached hydrogen (secondary N) is 1. The summed E-state index contributed by atoms with van der Waals surface area (Å²) in [5.74, 6) is 0. The molecule has 1 aliphatic carbocycles. The lowest BCUT2D eigenvalue weighted by atomic mass is 10.2. The third-order valence-corrected chi connectivity index (χ3v) is 2.04. The minimum Gasteiger partial charge on any atom is -0.385 e. The summed E-state index contributed by atoms with van der Waals surface area (Å²) in [4.78, 5) is 0. The quantitative estimate of drug-likeness (QED) is 0.692. The highest BCUT2D eigenvalue weighted by Gasteiger charge is 1.94. The van der Waals surface area contributed by atoms with E-state index in [0.29, 0.717) is 0 Å². The number of rotatable bonds is 4. The van der Waals surface area contributed by atoms with Gasteiger partial charge >= 0.3 is 0 Å². The Bertz CT molecular complexity index is 256. The molecule has 1 rings (SSSR count). The van der Waals surface area contributed by atoms with Crippen LogP contribution in [0.1, 0.15) is 19.8 Å². The summed E-state index contributed by atoms with van der Waals surface area (Å²) < 4.78 is 0. The van der Waals surface area contributed by atoms with Crippen molar-refractivity contribution >= 4 is 0 Å². The van der Waals surface area contributed by atoms with Gasteiger partial charge in [-0.15, -0.1) is 0 Å². The zero-order chi connectivity index (χ0) is 9.52. The summed E-state index contributed by atoms with van der Waals surface area (Å²) in [5.41, 5.74) is 2.44. The average molecular weight is 175 g/mol. The van der Waals surface area contributed by atoms with Gasteiger partial charge in [-0.3, -0.25) is 0 Å². The van der Waals surface area contributed by atoms with Crippen molar-refractivity contribution in [1.29, 1.82) is 0 Å². The Morgan fingerprint density at radius 2 is 2.38 bits per heavy atom. The van der Waals surface area contributed by atoms with E-state index in [1.54, 1.807) is 0 Å². The first kappa shape index (κ1) is 9.85. The Morgan fingerprint density at radius 1 is 1.54 bits per heavy atom. The van der Waals surface area contributed by atoms with E-state index in [2.05, 4.69) is 49.2 Å². The fraction of sp³-hybridized carbons (Fsp3) is 0.333. The molecule has 0 aliphatic heterocycles. The lowest BCUT2D eigenvalue weighted by Crippen LogP contribution is -2.14. The second-order valence-electron chi connectivity index (χ2n) is 3.11. The second-order valence-corrected chi connectivity index (χ2v) is 3.11. The van der Waals surface area contributed by atoms with Gasteiger partial charge in [-0.25, -0.2) is 0 Å². The highest BCUT2D eigenvalue weighted by Crippen LogP contribution is 2.04. The van der Waals surface area contributed by atoms with Crippen LogP contribution in [-0.4, -0.2) is 6.54 Å². The smallest absolute Gasteiger partial charge is 0.0394 e. The van der Waals surface area contributed by atoms with E-state index in [9.17, 15) is 0 Å². The Morgan fingerprint density at radius 3 is 3.15 bits per heavy atom. The van der Waals surface area contributed by atoms with Crippen LogP contribution in [0.2, 0.25) is 0 Å². The van der Waals surface area contributed by atoms with Crippen LogP contribution in [-0.2, 0) is 0 Å². The lowest BCUT2D eigenvalue weighted by Gasteiger charge is -2.07. The van der Waals surface area contributed by atoms with Crippen molar-refractivity contribution in [3.05, 3.63) is 48.2 Å². The Hall–Kier alpha value is -1.24. The van der Waals surface area contributed by atoms with Crippen LogP contribution in [0.15, 0.2) is 48.2 Å². The first-order chi connectivity index (χ1) is 6.33. The van der Waals surface area contributed by atoms with Gasteiger partial charge in [-0.1, -0.05) is 43.9 Å². The van der Waals surface area contributed by atoms with Gasteiger partial charge < -0.3 is 5.32 Å². The number of hydrogen-bond donors (Lipinski definition) is 1. The highest BCUT2D eigenvalue weighted by molar-refractivity contribution is 5.27. The van der Waals surface area contributed by atoms with E-state index in [1.165, 1.54) is 5.57 Å². The molecule has 0 fully saturated rings. The minimum absolute atomic E-state index is 0.894. The Labute approximate surface area is 80.5 Å². The summed E-state index contributed by atoms with van der Waals surface area (Å²) in [6.07, 6.45) is 12.7. The molecule has 1 N–H and O–H groups in total. The van der Waals surface area contributed by atoms with Gasteiger partial charge in [0.2, 0.25) is 0 Å². The van der Waals surface area contributed by atoms with Crippen LogP contribution in [0.25, 0.3) is 0 Å². The molecular weight excluding hydrogens is 158 g/mol. The summed E-state index contributed by atoms with van der Waals surface area (Å²) in [7, 11) is 0. The van der Waals surface area contributed by atoms with Crippen LogP contribution in [0, 0.1) is 0 Å². The monoisotopic (exact) mass is 175 g/mol. The van der Waals surface area contributed by atoms with E-state index in [0.717, 1.165) is 25.1 Å². The van der Waals surface area contributed by atoms with Crippen LogP contribution < -0.4 is 5.32 Å². The number of allylic oxidation sites excluding steroid dienone is 5. The lowest BCUT2D eigenvalue weighted by molar-refractivity contribution is 0.833. The molecule has 1 aliphatic rings. The topological polar surface area (TPSA) is 12.0 Å². The van der Waals surface area contributed by atoms with Crippen molar-refractivity contribution < 1.29 is 0 Å². The third kappa shape index (κ3) is 3.79. The molecule has 70 valence electrons. The van der Waals surface area contributed by atoms with Gasteiger partial charge in [0.15, 0.2) is 0 Å². The van der Waals surface area contributed by atoms with Crippen molar-refractivity contribution in [2.75, 3.05) is 6.54 Å². The van der Waals surface area contributed by atoms with E-state index in [4.69, 9.17) is 0 Å². The van der Waals surface area contributed by atoms with Crippen molar-refractivity contribution in [2.24, 2.45) is 0 Å². The first-order valence-electron chi connectivity index (χ1n) is 4.77. The normalized spacial score (nSPS) is 15.0. The van der Waals surface area contributed by atoms with Crippen molar-refractivity contribution in [3.63, 3.8) is 0 Å². The van der Waals surface area contributed by atoms with Crippen LogP contribution in [0.5, 0.6) is 0 Å². The van der Waals surface area contributed by atoms with Crippen molar-refractivity contribution in [3.8, 4) is 0 Å². The van der Waals surface area contributed by atoms with Gasteiger partial charge in [0.1, 0.15) is 0 Å². The summed E-state index contributed by atoms with van der Waals surface area (Å²) in [6.45, 7) is 6.90. The second kappa shape index (κ2) is 5.41. The molecule has 0 aromatic heterocycles. The predicted molar refractivity (Wildman–Crippen MR) is 58.4 cm³/mol. The summed E-state index contributed by atoms with van der Waals surface area (Å²) in [5, 5.41) is 3.29. The Balaban J connectivity index is 2.37. The maximum Gasteiger partial charge on any atom is 0.0394 e. The van der Waals surface area contributed by atoms with Crippen LogP contribution in [0.3, 0.4) is 0 Å². The molecule has 0 aromatic carbocycles. The van der Waals surface area contributed by atoms with Gasteiger partial charge in [0, 0.05) is 12.2 Å². The maximum atomic E-state index is 3.90. The van der Waals surface area contributed by atoms with Crippen LogP contribution >= 0.6 is 0 Å². The molecule has 0 spiro atoms. The van der Waals surface area contributed by atoms with E-state index in [1.807, 2.05) is 0 Å². The van der Waals surface area contributed by atoms with Gasteiger partial charge in [-0.05, 0) is 18.4 Å². The van der Waals surface area contributed by atoms with Crippen molar-refractivity contribution in [2.45, 2.75) is 19.8 Å². The largest absolute Gasteiger partial charge is 0.385 e. The SMILES string of the molecule is C=C(CC)NCC1=CCC=CC=C1. The molecular formula is C12H17N. The van der Waals surface area contributed by atoms with Gasteiger partial charge in [0.05, 0.1) is 0 Å². The molecule has 13 heavy (non-hydrogen) atoms. The third-order valence-electron chi connectivity index (χ3n) is 2.04. The molecule has 0 atom stereocenters. The fourth-order valence-corrected chi connectivity index (χ4v) is 1.11. The molecule has 1 heteroatoms. The first-order valence-corrected chi connectivity index (χ1v) is 4.77. The minimum atomic E-state index is 0.894. The van der Waals surface area contributed by atoms with E-state index < -0.39 is 0 Å². The summed E-state index contributed by atoms with van der Waals surface area (Å²) >= 11 is 0. The zero-order valence-corrected chi connectivity index (χ0v) is 8.22. The maximum absolute atomic E-state index is 3.90. The Kier molecular flexibility index (Phi) is 4.10. The van der Waals surface area contributed by atoms with Gasteiger partial charge in [-0.2, -0.15) is 0 Å². The zero-order valence-electron chi connectivity index (χ0n) is 8.22. The summed E-state index contributed by atoms with van der Waals surface area (Å²) in [6, 6.07) is 0. The molecule has 0 saturated heterocycles. The van der Waals surface area contributed by atoms with E-state index in [-0.39, 0.29) is 0 Å². The fourth-order valence-electron chi connectivity index (χ4n) is 1.11. The number of hydrogen-bond acceptors (Lipinski definition) is 1. The molecule has 0 saturated carbocycles. The molecule has 0 unspecified atom stereocenters. The molecule has 0 aromatic rings. The molecule has 1 nitrogen and oxygen atoms in total. The van der Waals surface area contributed by atoms with Gasteiger partial charge in [0.25, 0.3) is 0 Å². The standard InChI is InChI=1S/C12H17N/c1-3-11(2)13-10-12-8-6-4-5-7-9-12/h4-6,8-9,13H,2-3,7,10H2,1H3. The average Bonchev–Trinajstić information content (AvgIpc) is 2.42. The molecule has 0 heterocycles. The van der Waals surface area contributed by atoms with E-state index >= 15 is 0 Å².